The third kappa shape index (κ3) is 7.44. The standard InChI is InChI=1S/C29H29F3N6O/c1-20-5-6-22(16-21(20)7-10-25-18-34-27(35-25)4-3-11-33)28(39)36-24-9-8-23(26(17-24)29(30,31)32)19-38-14-12-37(2)13-15-38/h3-6,8-9,11,16-18,33H,12-15,19H2,1-2H3,(H,34,35)(H,36,39)/b4-3-,33-11?. The molecule has 2 aromatic carbocycles. The Kier molecular flexibility index (Phi) is 8.64. The maximum atomic E-state index is 13.9. The average molecular weight is 535 g/mol. The van der Waals surface area contributed by atoms with Crippen LogP contribution in [0.4, 0.5) is 18.9 Å². The summed E-state index contributed by atoms with van der Waals surface area (Å²) in [5.74, 6) is 5.99. The number of aromatic nitrogens is 2. The molecule has 39 heavy (non-hydrogen) atoms. The van der Waals surface area contributed by atoms with E-state index < -0.39 is 17.6 Å². The predicted molar refractivity (Wildman–Crippen MR) is 146 cm³/mol. The molecule has 7 nitrogen and oxygen atoms in total. The van der Waals surface area contributed by atoms with Crippen molar-refractivity contribution in [2.24, 2.45) is 0 Å². The first kappa shape index (κ1) is 27.8. The lowest BCUT2D eigenvalue weighted by Gasteiger charge is -2.33. The van der Waals surface area contributed by atoms with Crippen LogP contribution in [0.3, 0.4) is 0 Å². The Labute approximate surface area is 225 Å². The van der Waals surface area contributed by atoms with Gasteiger partial charge in [-0.3, -0.25) is 9.69 Å². The number of piperazine rings is 1. The Morgan fingerprint density at radius 1 is 1.15 bits per heavy atom. The number of nitrogens with zero attached hydrogens (tertiary/aromatic N) is 3. The van der Waals surface area contributed by atoms with Crippen LogP contribution in [0.1, 0.15) is 44.1 Å². The van der Waals surface area contributed by atoms with E-state index in [-0.39, 0.29) is 23.4 Å². The summed E-state index contributed by atoms with van der Waals surface area (Å²) in [7, 11) is 1.99. The van der Waals surface area contributed by atoms with Crippen molar-refractivity contribution in [3.63, 3.8) is 0 Å². The van der Waals surface area contributed by atoms with Gasteiger partial charge in [0.2, 0.25) is 0 Å². The van der Waals surface area contributed by atoms with Crippen LogP contribution in [-0.4, -0.2) is 65.1 Å². The van der Waals surface area contributed by atoms with Crippen molar-refractivity contribution in [3.05, 3.63) is 88.0 Å². The third-order valence-corrected chi connectivity index (χ3v) is 6.44. The Hall–Kier alpha value is -4.20. The molecule has 1 fully saturated rings. The molecule has 1 amide bonds. The highest BCUT2D eigenvalue weighted by atomic mass is 19.4. The number of alkyl halides is 3. The third-order valence-electron chi connectivity index (χ3n) is 6.44. The number of allylic oxidation sites excluding steroid dienone is 1. The molecule has 2 heterocycles. The van der Waals surface area contributed by atoms with Crippen molar-refractivity contribution >= 4 is 23.9 Å². The number of likely N-dealkylation sites (N-methyl/N-ethyl adjacent to an activating group) is 1. The monoisotopic (exact) mass is 534 g/mol. The van der Waals surface area contributed by atoms with Crippen LogP contribution in [0.2, 0.25) is 0 Å². The maximum absolute atomic E-state index is 13.9. The Morgan fingerprint density at radius 2 is 1.92 bits per heavy atom. The summed E-state index contributed by atoms with van der Waals surface area (Å²) in [4.78, 5) is 24.3. The van der Waals surface area contributed by atoms with Gasteiger partial charge in [0.05, 0.1) is 11.8 Å². The van der Waals surface area contributed by atoms with Gasteiger partial charge in [0.15, 0.2) is 0 Å². The second-order valence-electron chi connectivity index (χ2n) is 9.39. The van der Waals surface area contributed by atoms with E-state index in [1.54, 1.807) is 30.5 Å². The topological polar surface area (TPSA) is 88.1 Å². The lowest BCUT2D eigenvalue weighted by atomic mass is 10.0. The van der Waals surface area contributed by atoms with Gasteiger partial charge in [0.1, 0.15) is 11.5 Å². The highest BCUT2D eigenvalue weighted by Gasteiger charge is 2.34. The molecule has 1 aliphatic rings. The van der Waals surface area contributed by atoms with Gasteiger partial charge >= 0.3 is 6.18 Å². The van der Waals surface area contributed by atoms with Crippen LogP contribution < -0.4 is 5.32 Å². The number of nitrogens with one attached hydrogen (secondary N) is 3. The minimum Gasteiger partial charge on any atom is -0.332 e. The first-order valence-corrected chi connectivity index (χ1v) is 12.4. The van der Waals surface area contributed by atoms with Crippen molar-refractivity contribution in [1.29, 1.82) is 5.41 Å². The highest BCUT2D eigenvalue weighted by Crippen LogP contribution is 2.34. The molecule has 1 saturated heterocycles. The van der Waals surface area contributed by atoms with E-state index in [9.17, 15) is 18.0 Å². The molecule has 202 valence electrons. The number of carbonyl (C=O) groups is 1. The van der Waals surface area contributed by atoms with Crippen LogP contribution in [0.15, 0.2) is 48.7 Å². The van der Waals surface area contributed by atoms with Crippen molar-refractivity contribution in [3.8, 4) is 11.8 Å². The minimum absolute atomic E-state index is 0.0747. The fourth-order valence-electron chi connectivity index (χ4n) is 4.16. The molecule has 3 aromatic rings. The van der Waals surface area contributed by atoms with Crippen LogP contribution in [0, 0.1) is 24.2 Å². The molecule has 0 unspecified atom stereocenters. The number of hydrogen-bond donors (Lipinski definition) is 3. The number of amides is 1. The maximum Gasteiger partial charge on any atom is 0.416 e. The smallest absolute Gasteiger partial charge is 0.332 e. The summed E-state index contributed by atoms with van der Waals surface area (Å²) in [6.07, 6.45) is 1.32. The molecule has 0 aliphatic carbocycles. The molecule has 0 radical (unpaired) electrons. The fourth-order valence-corrected chi connectivity index (χ4v) is 4.16. The van der Waals surface area contributed by atoms with E-state index in [2.05, 4.69) is 32.0 Å². The Morgan fingerprint density at radius 3 is 2.64 bits per heavy atom. The lowest BCUT2D eigenvalue weighted by molar-refractivity contribution is -0.138. The molecule has 1 aliphatic heterocycles. The molecule has 0 bridgehead atoms. The van der Waals surface area contributed by atoms with Crippen LogP contribution in [0.5, 0.6) is 0 Å². The Bertz CT molecular complexity index is 1440. The number of aryl methyl sites for hydroxylation is 1. The van der Waals surface area contributed by atoms with E-state index >= 15 is 0 Å². The average Bonchev–Trinajstić information content (AvgIpc) is 3.36. The number of anilines is 1. The predicted octanol–water partition coefficient (Wildman–Crippen LogP) is 4.80. The molecule has 0 saturated carbocycles. The molecule has 4 rings (SSSR count). The van der Waals surface area contributed by atoms with Crippen molar-refractivity contribution in [1.82, 2.24) is 19.8 Å². The minimum atomic E-state index is -4.54. The molecule has 3 N–H and O–H groups in total. The number of benzene rings is 2. The Balaban J connectivity index is 1.51. The number of hydrogen-bond acceptors (Lipinski definition) is 5. The SMILES string of the molecule is Cc1ccc(C(=O)Nc2ccc(CN3CCN(C)CC3)c(C(F)(F)F)c2)cc1C#Cc1cnc(/C=C\C=N)[nH]1. The van der Waals surface area contributed by atoms with Crippen LogP contribution >= 0.6 is 0 Å². The summed E-state index contributed by atoms with van der Waals surface area (Å²) < 4.78 is 41.7. The molecule has 0 atom stereocenters. The second-order valence-corrected chi connectivity index (χ2v) is 9.39. The zero-order valence-electron chi connectivity index (χ0n) is 21.7. The number of carbonyl (C=O) groups excluding carboxylic acids is 1. The van der Waals surface area contributed by atoms with Crippen LogP contribution in [-0.2, 0) is 12.7 Å². The quantitative estimate of drug-likeness (QED) is 0.313. The molecule has 10 heteroatoms. The highest BCUT2D eigenvalue weighted by molar-refractivity contribution is 6.04. The first-order chi connectivity index (χ1) is 18.6. The summed E-state index contributed by atoms with van der Waals surface area (Å²) in [5, 5.41) is 9.64. The largest absolute Gasteiger partial charge is 0.416 e. The van der Waals surface area contributed by atoms with Gasteiger partial charge in [-0.2, -0.15) is 13.2 Å². The van der Waals surface area contributed by atoms with Crippen molar-refractivity contribution in [2.45, 2.75) is 19.6 Å². The van der Waals surface area contributed by atoms with Gasteiger partial charge < -0.3 is 20.6 Å². The number of imidazole rings is 1. The zero-order chi connectivity index (χ0) is 28.0. The summed E-state index contributed by atoms with van der Waals surface area (Å²) in [6, 6.07) is 8.91. The fraction of sp³-hybridized carbons (Fsp3) is 0.276. The van der Waals surface area contributed by atoms with Gasteiger partial charge in [0, 0.05) is 55.8 Å². The molecule has 1 aromatic heterocycles. The zero-order valence-corrected chi connectivity index (χ0v) is 21.7. The normalized spacial score (nSPS) is 14.7. The molecular weight excluding hydrogens is 505 g/mol. The van der Waals surface area contributed by atoms with E-state index in [4.69, 9.17) is 5.41 Å². The number of rotatable bonds is 6. The van der Waals surface area contributed by atoms with E-state index in [1.165, 1.54) is 18.2 Å². The van der Waals surface area contributed by atoms with Crippen molar-refractivity contribution < 1.29 is 18.0 Å². The lowest BCUT2D eigenvalue weighted by Crippen LogP contribution is -2.44. The number of H-pyrrole nitrogens is 1. The van der Waals surface area contributed by atoms with E-state index in [0.717, 1.165) is 30.9 Å². The summed E-state index contributed by atoms with van der Waals surface area (Å²) in [5.41, 5.74) is 1.80. The number of aromatic amines is 1. The second kappa shape index (κ2) is 12.1. The van der Waals surface area contributed by atoms with Gasteiger partial charge in [-0.1, -0.05) is 18.1 Å². The summed E-state index contributed by atoms with van der Waals surface area (Å²) in [6.45, 7) is 5.08. The van der Waals surface area contributed by atoms with Gasteiger partial charge in [-0.05, 0) is 67.4 Å². The van der Waals surface area contributed by atoms with Gasteiger partial charge in [-0.15, -0.1) is 0 Å². The van der Waals surface area contributed by atoms with Gasteiger partial charge in [0.25, 0.3) is 5.91 Å². The van der Waals surface area contributed by atoms with E-state index in [0.29, 0.717) is 30.2 Å². The first-order valence-electron chi connectivity index (χ1n) is 12.4. The summed E-state index contributed by atoms with van der Waals surface area (Å²) >= 11 is 0. The molecular formula is C29H29F3N6O. The van der Waals surface area contributed by atoms with Crippen molar-refractivity contribution in [2.75, 3.05) is 38.5 Å². The van der Waals surface area contributed by atoms with Crippen LogP contribution in [0.25, 0.3) is 6.08 Å². The van der Waals surface area contributed by atoms with Gasteiger partial charge in [-0.25, -0.2) is 4.98 Å². The van der Waals surface area contributed by atoms with E-state index in [1.807, 2.05) is 18.9 Å². The number of halogens is 3. The molecule has 0 spiro atoms.